The third-order valence-corrected chi connectivity index (χ3v) is 18.7. The zero-order chi connectivity index (χ0) is 54.7. The number of nitro benzene ring substituents is 1. The minimum atomic E-state index is -4.80. The van der Waals surface area contributed by atoms with Gasteiger partial charge in [-0.05, 0) is 112 Å². The summed E-state index contributed by atoms with van der Waals surface area (Å²) in [5, 5.41) is 26.3. The highest BCUT2D eigenvalue weighted by Crippen LogP contribution is 2.54. The topological polar surface area (TPSA) is 231 Å². The number of halogens is 1. The van der Waals surface area contributed by atoms with E-state index in [0.717, 1.165) is 69.9 Å². The molecule has 2 aromatic heterocycles. The highest BCUT2D eigenvalue weighted by atomic mass is 32.2. The molecule has 1 spiro atoms. The van der Waals surface area contributed by atoms with Crippen LogP contribution in [0.2, 0.25) is 0 Å². The van der Waals surface area contributed by atoms with Gasteiger partial charge in [-0.1, -0.05) is 38.1 Å². The van der Waals surface area contributed by atoms with Crippen molar-refractivity contribution in [3.8, 4) is 23.1 Å². The number of aliphatic hydroxyl groups is 1. The molecule has 6 aliphatic rings. The second kappa shape index (κ2) is 21.3. The number of fused-ring (bicyclic) bond motifs is 2. The van der Waals surface area contributed by atoms with Crippen molar-refractivity contribution in [3.63, 3.8) is 0 Å². The Morgan fingerprint density at radius 3 is 2.46 bits per heavy atom. The second-order valence-corrected chi connectivity index (χ2v) is 24.7. The normalized spacial score (nSPS) is 23.6. The summed E-state index contributed by atoms with van der Waals surface area (Å²) in [7, 11) is -3.29. The van der Waals surface area contributed by atoms with Gasteiger partial charge in [-0.2, -0.15) is 4.98 Å². The third-order valence-electron chi connectivity index (χ3n) is 17.3. The molecule has 78 heavy (non-hydrogen) atoms. The number of piperidine rings is 1. The maximum Gasteiger partial charge on any atom is 0.297 e. The van der Waals surface area contributed by atoms with Gasteiger partial charge in [-0.3, -0.25) is 24.6 Å². The molecule has 2 atom stereocenters. The first-order valence-electron chi connectivity index (χ1n) is 27.4. The van der Waals surface area contributed by atoms with Crippen LogP contribution < -0.4 is 29.1 Å². The molecule has 3 saturated carbocycles. The first-order chi connectivity index (χ1) is 37.4. The molecule has 0 radical (unpaired) electrons. The SMILES string of the molecule is COCCOc1nc2[nH]cc(F)c2cc1Oc1cc(N2CCC3(CC2)CC(N2CCN(C(=O)C4CC4)C[C@@H]2c2ccccc2C(C)C)C3)ccc1C(=O)NS(=O)(=O)c1cc2c(c([N+](=O)[O-])c1)N[C@@H](C1CCC(C)(O)CC1)CO2. The number of ether oxygens (including phenoxy) is 4. The van der Waals surface area contributed by atoms with E-state index in [0.29, 0.717) is 68.9 Å². The van der Waals surface area contributed by atoms with Crippen LogP contribution in [0, 0.1) is 33.2 Å². The van der Waals surface area contributed by atoms with Crippen LogP contribution >= 0.6 is 0 Å². The molecule has 2 amide bonds. The number of aromatic nitrogens is 2. The van der Waals surface area contributed by atoms with E-state index in [2.05, 4.69) is 72.8 Å². The lowest BCUT2D eigenvalue weighted by molar-refractivity contribution is -0.384. The number of carbonyl (C=O) groups excluding carboxylic acids is 2. The van der Waals surface area contributed by atoms with Gasteiger partial charge in [0.25, 0.3) is 27.5 Å². The number of amides is 2. The van der Waals surface area contributed by atoms with Crippen molar-refractivity contribution in [1.82, 2.24) is 24.5 Å². The first-order valence-corrected chi connectivity index (χ1v) is 28.9. The molecule has 3 aromatic carbocycles. The van der Waals surface area contributed by atoms with Crippen LogP contribution in [0.3, 0.4) is 0 Å². The number of aromatic amines is 1. The summed E-state index contributed by atoms with van der Waals surface area (Å²) in [6.07, 6.45) is 9.51. The van der Waals surface area contributed by atoms with E-state index in [9.17, 15) is 33.2 Å². The van der Waals surface area contributed by atoms with E-state index in [1.165, 1.54) is 30.4 Å². The van der Waals surface area contributed by atoms with Crippen molar-refractivity contribution in [2.45, 2.75) is 120 Å². The minimum Gasteiger partial charge on any atom is -0.489 e. The molecule has 2 saturated heterocycles. The number of anilines is 2. The monoisotopic (exact) mass is 1090 g/mol. The number of hydrogen-bond donors (Lipinski definition) is 4. The lowest BCUT2D eigenvalue weighted by Gasteiger charge is -2.58. The van der Waals surface area contributed by atoms with Crippen molar-refractivity contribution in [3.05, 3.63) is 99.5 Å². The zero-order valence-electron chi connectivity index (χ0n) is 44.6. The molecular formula is C57H69FN8O11S. The summed E-state index contributed by atoms with van der Waals surface area (Å²) in [6, 6.07) is 17.1. The van der Waals surface area contributed by atoms with E-state index in [4.69, 9.17) is 18.9 Å². The molecule has 3 aliphatic heterocycles. The van der Waals surface area contributed by atoms with Gasteiger partial charge in [0.05, 0.1) is 45.1 Å². The van der Waals surface area contributed by atoms with Crippen molar-refractivity contribution < 1.29 is 51.4 Å². The lowest BCUT2D eigenvalue weighted by atomic mass is 9.59. The first kappa shape index (κ1) is 53.5. The van der Waals surface area contributed by atoms with Gasteiger partial charge in [0.15, 0.2) is 17.2 Å². The van der Waals surface area contributed by atoms with Crippen LogP contribution in [0.25, 0.3) is 11.0 Å². The fraction of sp³-hybridized carbons (Fsp3) is 0.526. The van der Waals surface area contributed by atoms with Gasteiger partial charge >= 0.3 is 0 Å². The van der Waals surface area contributed by atoms with Crippen molar-refractivity contribution >= 4 is 49.9 Å². The van der Waals surface area contributed by atoms with Crippen LogP contribution in [-0.2, 0) is 19.6 Å². The summed E-state index contributed by atoms with van der Waals surface area (Å²) in [5.74, 6) is -1.06. The Labute approximate surface area is 453 Å². The Hall–Kier alpha value is -6.55. The summed E-state index contributed by atoms with van der Waals surface area (Å²) in [6.45, 7) is 10.3. The molecule has 11 rings (SSSR count). The number of nitrogens with one attached hydrogen (secondary N) is 3. The molecule has 5 heterocycles. The zero-order valence-corrected chi connectivity index (χ0v) is 45.4. The standard InChI is InChI=1S/C57H69FN8O11S/c1-34(2)40-7-5-6-8-41(40)47-32-64(55(68)36-9-10-36)21-22-65(47)38-29-57(30-38)17-19-63(20-18-57)37-11-12-42(48(25-37)77-50-28-43-44(58)31-59-52(43)61-54(50)75-24-23-74-4)53(67)62-78(72,73)39-26-46(66(70)71)51-49(27-39)76-33-45(60-51)35-13-15-56(3,69)16-14-35/h5-8,11-12,25-28,31,34-36,38,45,47,60,69H,9-10,13-24,29-30,32-33H2,1-4H3,(H,59,61)(H,62,67)/t35?,45-,47-,56?/m1/s1. The lowest BCUT2D eigenvalue weighted by Crippen LogP contribution is -2.60. The molecule has 19 nitrogen and oxygen atoms in total. The van der Waals surface area contributed by atoms with Crippen LogP contribution in [-0.4, -0.2) is 127 Å². The van der Waals surface area contributed by atoms with Crippen molar-refractivity contribution in [2.24, 2.45) is 17.3 Å². The van der Waals surface area contributed by atoms with Gasteiger partial charge in [0, 0.05) is 87.9 Å². The van der Waals surface area contributed by atoms with Gasteiger partial charge in [-0.15, -0.1) is 0 Å². The molecule has 5 fully saturated rings. The molecular weight excluding hydrogens is 1020 g/mol. The van der Waals surface area contributed by atoms with Crippen molar-refractivity contribution in [2.75, 3.05) is 69.9 Å². The third kappa shape index (κ3) is 10.8. The van der Waals surface area contributed by atoms with Gasteiger partial charge < -0.3 is 44.2 Å². The number of nitrogens with zero attached hydrogens (tertiary/aromatic N) is 5. The Morgan fingerprint density at radius 1 is 0.987 bits per heavy atom. The number of H-pyrrole nitrogens is 1. The fourth-order valence-electron chi connectivity index (χ4n) is 12.6. The number of carbonyl (C=O) groups is 2. The average Bonchev–Trinajstić information content (AvgIpc) is 4.33. The number of methoxy groups -OCH3 is 1. The molecule has 0 bridgehead atoms. The molecule has 3 aliphatic carbocycles. The Morgan fingerprint density at radius 2 is 1.74 bits per heavy atom. The summed E-state index contributed by atoms with van der Waals surface area (Å²) in [5.41, 5.74) is 2.14. The predicted octanol–water partition coefficient (Wildman–Crippen LogP) is 8.83. The van der Waals surface area contributed by atoms with Gasteiger partial charge in [0.1, 0.15) is 30.4 Å². The van der Waals surface area contributed by atoms with Crippen LogP contribution in [0.15, 0.2) is 71.8 Å². The number of piperazine rings is 1. The summed E-state index contributed by atoms with van der Waals surface area (Å²) in [4.78, 5) is 53.3. The van der Waals surface area contributed by atoms with E-state index in [1.807, 2.05) is 0 Å². The van der Waals surface area contributed by atoms with Crippen LogP contribution in [0.5, 0.6) is 23.1 Å². The molecule has 5 aromatic rings. The van der Waals surface area contributed by atoms with E-state index in [1.54, 1.807) is 19.1 Å². The van der Waals surface area contributed by atoms with Gasteiger partial charge in [-0.25, -0.2) is 17.5 Å². The number of hydrogen-bond acceptors (Lipinski definition) is 15. The number of nitro groups is 1. The average molecular weight is 1090 g/mol. The summed E-state index contributed by atoms with van der Waals surface area (Å²) < 4.78 is 69.2. The Bertz CT molecular complexity index is 3210. The maximum absolute atomic E-state index is 15.1. The van der Waals surface area contributed by atoms with Crippen LogP contribution in [0.4, 0.5) is 21.5 Å². The largest absolute Gasteiger partial charge is 0.489 e. The number of pyridine rings is 1. The Kier molecular flexibility index (Phi) is 14.6. The smallest absolute Gasteiger partial charge is 0.297 e. The highest BCUT2D eigenvalue weighted by molar-refractivity contribution is 7.90. The van der Waals surface area contributed by atoms with Crippen LogP contribution in [0.1, 0.15) is 118 Å². The molecule has 416 valence electrons. The summed E-state index contributed by atoms with van der Waals surface area (Å²) >= 11 is 0. The molecule has 4 N–H and O–H groups in total. The maximum atomic E-state index is 15.1. The van der Waals surface area contributed by atoms with E-state index in [-0.39, 0.29) is 94.6 Å². The fourth-order valence-corrected chi connectivity index (χ4v) is 13.6. The van der Waals surface area contributed by atoms with Crippen molar-refractivity contribution in [1.29, 1.82) is 0 Å². The Balaban J connectivity index is 0.838. The second-order valence-electron chi connectivity index (χ2n) is 23.0. The minimum absolute atomic E-state index is 0.0342. The quantitative estimate of drug-likeness (QED) is 0.0411. The molecule has 0 unspecified atom stereocenters. The van der Waals surface area contributed by atoms with Gasteiger partial charge in [0.2, 0.25) is 5.91 Å². The highest BCUT2D eigenvalue weighted by Gasteiger charge is 2.51. The molecule has 21 heteroatoms. The number of rotatable bonds is 16. The number of benzene rings is 3. The van der Waals surface area contributed by atoms with E-state index < -0.39 is 42.9 Å². The number of sulfonamides is 1. The predicted molar refractivity (Wildman–Crippen MR) is 289 cm³/mol. The van der Waals surface area contributed by atoms with E-state index >= 15 is 4.39 Å².